The molecule has 0 radical (unpaired) electrons. The van der Waals surface area contributed by atoms with Gasteiger partial charge in [-0.25, -0.2) is 0 Å². The van der Waals surface area contributed by atoms with Gasteiger partial charge in [0.25, 0.3) is 0 Å². The summed E-state index contributed by atoms with van der Waals surface area (Å²) in [6.07, 6.45) is 0. The van der Waals surface area contributed by atoms with Gasteiger partial charge in [0.1, 0.15) is 6.04 Å². The summed E-state index contributed by atoms with van der Waals surface area (Å²) < 4.78 is 0.629. The molecule has 8 heteroatoms. The average Bonchev–Trinajstić information content (AvgIpc) is 2.32. The lowest BCUT2D eigenvalue weighted by atomic mass is 10.1. The van der Waals surface area contributed by atoms with Crippen LogP contribution in [-0.4, -0.2) is 24.2 Å². The van der Waals surface area contributed by atoms with Crippen molar-refractivity contribution in [2.24, 2.45) is 5.11 Å². The minimum Gasteiger partial charge on any atom is -0.480 e. The third-order valence-electron chi connectivity index (χ3n) is 2.15. The van der Waals surface area contributed by atoms with Gasteiger partial charge in [0.05, 0.1) is 5.02 Å². The Kier molecular flexibility index (Phi) is 5.94. The fourth-order valence-electron chi connectivity index (χ4n) is 1.34. The number of halogens is 2. The van der Waals surface area contributed by atoms with E-state index in [9.17, 15) is 4.79 Å². The molecule has 0 aliphatic heterocycles. The third kappa shape index (κ3) is 4.19. The van der Waals surface area contributed by atoms with Crippen molar-refractivity contribution in [3.05, 3.63) is 43.7 Å². The molecule has 0 saturated heterocycles. The molecule has 0 aromatic heterocycles. The second-order valence-corrected chi connectivity index (χ2v) is 4.61. The number of aliphatic carboxylic acids is 1. The largest absolute Gasteiger partial charge is 0.480 e. The highest BCUT2D eigenvalue weighted by Crippen LogP contribution is 2.26. The molecule has 0 aliphatic carbocycles. The van der Waals surface area contributed by atoms with Crippen molar-refractivity contribution in [3.8, 4) is 0 Å². The fraction of sp³-hybridized carbons (Fsp3) is 0.300. The Hall–Kier alpha value is -1.27. The van der Waals surface area contributed by atoms with E-state index in [0.29, 0.717) is 15.1 Å². The molecule has 18 heavy (non-hydrogen) atoms. The summed E-state index contributed by atoms with van der Waals surface area (Å²) in [5.41, 5.74) is 8.69. The third-order valence-corrected chi connectivity index (χ3v) is 3.36. The van der Waals surface area contributed by atoms with E-state index in [1.54, 1.807) is 18.2 Å². The van der Waals surface area contributed by atoms with E-state index in [0.717, 1.165) is 0 Å². The molecule has 0 amide bonds. The predicted molar refractivity (Wildman–Crippen MR) is 71.5 cm³/mol. The van der Waals surface area contributed by atoms with Crippen molar-refractivity contribution in [2.75, 3.05) is 13.1 Å². The van der Waals surface area contributed by atoms with Crippen LogP contribution in [0.25, 0.3) is 10.4 Å². The standard InChI is InChI=1S/C10H10BrClN4O2/c11-7-5-6(1-2-8(7)12)9(10(17)18)14-3-4-15-16-13/h1-2,5,9,14H,3-4H2,(H,17,18). The number of nitrogens with one attached hydrogen (secondary N) is 1. The van der Waals surface area contributed by atoms with Crippen LogP contribution in [0.15, 0.2) is 27.8 Å². The molecule has 2 N–H and O–H groups in total. The number of rotatable bonds is 6. The minimum atomic E-state index is -1.01. The molecule has 1 unspecified atom stereocenters. The monoisotopic (exact) mass is 332 g/mol. The van der Waals surface area contributed by atoms with Gasteiger partial charge in [-0.15, -0.1) is 0 Å². The summed E-state index contributed by atoms with van der Waals surface area (Å²) in [5.74, 6) is -1.01. The summed E-state index contributed by atoms with van der Waals surface area (Å²) in [6.45, 7) is 0.469. The maximum absolute atomic E-state index is 11.1. The van der Waals surface area contributed by atoms with Crippen LogP contribution < -0.4 is 5.32 Å². The highest BCUT2D eigenvalue weighted by Gasteiger charge is 2.19. The lowest BCUT2D eigenvalue weighted by molar-refractivity contribution is -0.139. The highest BCUT2D eigenvalue weighted by atomic mass is 79.9. The first kappa shape index (κ1) is 14.8. The summed E-state index contributed by atoms with van der Waals surface area (Å²) in [4.78, 5) is 13.7. The SMILES string of the molecule is [N-]=[N+]=NCCNC(C(=O)O)c1ccc(Cl)c(Br)c1. The molecule has 96 valence electrons. The second kappa shape index (κ2) is 7.23. The number of carbonyl (C=O) groups is 1. The molecule has 0 fully saturated rings. The molecule has 0 saturated carbocycles. The topological polar surface area (TPSA) is 98.1 Å². The smallest absolute Gasteiger partial charge is 0.325 e. The maximum atomic E-state index is 11.1. The van der Waals surface area contributed by atoms with E-state index >= 15 is 0 Å². The summed E-state index contributed by atoms with van der Waals surface area (Å²) in [6, 6.07) is 4.02. The van der Waals surface area contributed by atoms with Gasteiger partial charge in [0.2, 0.25) is 0 Å². The normalized spacial score (nSPS) is 11.7. The summed E-state index contributed by atoms with van der Waals surface area (Å²) in [5, 5.41) is 15.8. The molecule has 1 aromatic rings. The van der Waals surface area contributed by atoms with Crippen LogP contribution >= 0.6 is 27.5 Å². The predicted octanol–water partition coefficient (Wildman–Crippen LogP) is 3.13. The van der Waals surface area contributed by atoms with Crippen molar-refractivity contribution >= 4 is 33.5 Å². The van der Waals surface area contributed by atoms with Crippen LogP contribution in [-0.2, 0) is 4.79 Å². The van der Waals surface area contributed by atoms with Crippen molar-refractivity contribution in [1.82, 2.24) is 5.32 Å². The highest BCUT2D eigenvalue weighted by molar-refractivity contribution is 9.10. The zero-order valence-corrected chi connectivity index (χ0v) is 11.5. The van der Waals surface area contributed by atoms with Crippen LogP contribution in [0.5, 0.6) is 0 Å². The van der Waals surface area contributed by atoms with Gasteiger partial charge in [0.15, 0.2) is 0 Å². The maximum Gasteiger partial charge on any atom is 0.325 e. The van der Waals surface area contributed by atoms with Crippen LogP contribution in [0.4, 0.5) is 0 Å². The molecule has 1 rings (SSSR count). The first-order valence-corrected chi connectivity index (χ1v) is 6.15. The molecule has 6 nitrogen and oxygen atoms in total. The van der Waals surface area contributed by atoms with Gasteiger partial charge in [0, 0.05) is 22.5 Å². The molecule has 0 bridgehead atoms. The summed E-state index contributed by atoms with van der Waals surface area (Å²) >= 11 is 9.08. The lowest BCUT2D eigenvalue weighted by Gasteiger charge is -2.14. The molecule has 0 aliphatic rings. The van der Waals surface area contributed by atoms with Crippen molar-refractivity contribution in [2.45, 2.75) is 6.04 Å². The molecule has 1 atom stereocenters. The van der Waals surface area contributed by atoms with Crippen LogP contribution in [0, 0.1) is 0 Å². The molecular formula is C10H10BrClN4O2. The zero-order valence-electron chi connectivity index (χ0n) is 9.18. The quantitative estimate of drug-likeness (QED) is 0.362. The second-order valence-electron chi connectivity index (χ2n) is 3.35. The molecule has 0 heterocycles. The average molecular weight is 334 g/mol. The van der Waals surface area contributed by atoms with Crippen LogP contribution in [0.2, 0.25) is 5.02 Å². The Morgan fingerprint density at radius 2 is 2.39 bits per heavy atom. The number of carboxylic acids is 1. The van der Waals surface area contributed by atoms with Gasteiger partial charge < -0.3 is 10.4 Å². The van der Waals surface area contributed by atoms with Crippen LogP contribution in [0.1, 0.15) is 11.6 Å². The Morgan fingerprint density at radius 3 is 2.94 bits per heavy atom. The number of hydrogen-bond donors (Lipinski definition) is 2. The van der Waals surface area contributed by atoms with E-state index in [1.165, 1.54) is 0 Å². The minimum absolute atomic E-state index is 0.190. The first-order chi connectivity index (χ1) is 8.56. The number of azide groups is 1. The number of carboxylic acid groups (broad SMARTS) is 1. The fourth-order valence-corrected chi connectivity index (χ4v) is 1.86. The van der Waals surface area contributed by atoms with Crippen LogP contribution in [0.3, 0.4) is 0 Å². The van der Waals surface area contributed by atoms with Crippen molar-refractivity contribution in [1.29, 1.82) is 0 Å². The molecule has 0 spiro atoms. The van der Waals surface area contributed by atoms with Gasteiger partial charge >= 0.3 is 5.97 Å². The summed E-state index contributed by atoms with van der Waals surface area (Å²) in [7, 11) is 0. The molecule has 1 aromatic carbocycles. The number of nitrogens with zero attached hydrogens (tertiary/aromatic N) is 3. The van der Waals surface area contributed by atoms with E-state index in [2.05, 4.69) is 31.3 Å². The van der Waals surface area contributed by atoms with Gasteiger partial charge in [-0.1, -0.05) is 22.8 Å². The van der Waals surface area contributed by atoms with Crippen molar-refractivity contribution in [3.63, 3.8) is 0 Å². The Bertz CT molecular complexity index is 491. The van der Waals surface area contributed by atoms with Gasteiger partial charge in [-0.05, 0) is 39.2 Å². The first-order valence-electron chi connectivity index (χ1n) is 4.98. The lowest BCUT2D eigenvalue weighted by Crippen LogP contribution is -2.30. The van der Waals surface area contributed by atoms with E-state index in [-0.39, 0.29) is 13.1 Å². The van der Waals surface area contributed by atoms with E-state index < -0.39 is 12.0 Å². The number of hydrogen-bond acceptors (Lipinski definition) is 3. The Morgan fingerprint density at radius 1 is 1.67 bits per heavy atom. The zero-order chi connectivity index (χ0) is 13.5. The Balaban J connectivity index is 2.80. The Labute approximate surface area is 117 Å². The van der Waals surface area contributed by atoms with Gasteiger partial charge in [-0.3, -0.25) is 4.79 Å². The van der Waals surface area contributed by atoms with Crippen molar-refractivity contribution < 1.29 is 9.90 Å². The van der Waals surface area contributed by atoms with Gasteiger partial charge in [-0.2, -0.15) is 0 Å². The molecular weight excluding hydrogens is 323 g/mol. The van der Waals surface area contributed by atoms with E-state index in [4.69, 9.17) is 22.2 Å². The van der Waals surface area contributed by atoms with E-state index in [1.807, 2.05) is 0 Å². The number of benzene rings is 1.